The largest absolute Gasteiger partial charge is 0.478 e. The van der Waals surface area contributed by atoms with Crippen LogP contribution in [0.3, 0.4) is 0 Å². The van der Waals surface area contributed by atoms with Crippen LogP contribution in [-0.4, -0.2) is 21.3 Å². The number of rotatable bonds is 4. The summed E-state index contributed by atoms with van der Waals surface area (Å²) < 4.78 is 0. The molecule has 1 atom stereocenters. The Morgan fingerprint density at radius 2 is 2.17 bits per heavy atom. The lowest BCUT2D eigenvalue weighted by Gasteiger charge is -2.11. The number of carboxylic acids is 1. The highest BCUT2D eigenvalue weighted by molar-refractivity contribution is 7.99. The fourth-order valence-corrected chi connectivity index (χ4v) is 2.59. The van der Waals surface area contributed by atoms with Crippen molar-refractivity contribution in [3.63, 3.8) is 0 Å². The normalized spacial score (nSPS) is 12.6. The van der Waals surface area contributed by atoms with E-state index in [4.69, 9.17) is 0 Å². The first kappa shape index (κ1) is 12.9. The predicted molar refractivity (Wildman–Crippen MR) is 74.3 cm³/mol. The Morgan fingerprint density at radius 1 is 1.44 bits per heavy atom. The maximum atomic E-state index is 11.3. The van der Waals surface area contributed by atoms with Gasteiger partial charge in [-0.05, 0) is 18.6 Å². The molecule has 1 aromatic carbocycles. The van der Waals surface area contributed by atoms with Crippen LogP contribution in [0.2, 0.25) is 0 Å². The van der Waals surface area contributed by atoms with Crippen LogP contribution >= 0.6 is 11.8 Å². The lowest BCUT2D eigenvalue weighted by atomic mass is 10.1. The van der Waals surface area contributed by atoms with Gasteiger partial charge >= 0.3 is 5.97 Å². The second-order valence-corrected chi connectivity index (χ2v) is 5.60. The van der Waals surface area contributed by atoms with Crippen molar-refractivity contribution in [2.45, 2.75) is 30.5 Å². The topological polar surface area (TPSA) is 50.2 Å². The highest BCUT2D eigenvalue weighted by Gasteiger charge is 2.15. The first-order valence-electron chi connectivity index (χ1n) is 5.91. The molecule has 0 saturated heterocycles. The maximum Gasteiger partial charge on any atom is 0.338 e. The minimum atomic E-state index is -0.918. The Kier molecular flexibility index (Phi) is 3.87. The number of aromatic carboxylic acids is 1. The highest BCUT2D eigenvalue weighted by Crippen LogP contribution is 2.29. The van der Waals surface area contributed by atoms with Gasteiger partial charge in [-0.2, -0.15) is 0 Å². The van der Waals surface area contributed by atoms with E-state index in [1.165, 1.54) is 11.8 Å². The summed E-state index contributed by atoms with van der Waals surface area (Å²) in [7, 11) is 0. The number of carbonyl (C=O) groups is 1. The molecule has 1 N–H and O–H groups in total. The minimum Gasteiger partial charge on any atom is -0.478 e. The molecule has 3 nitrogen and oxygen atoms in total. The summed E-state index contributed by atoms with van der Waals surface area (Å²) in [5.74, 6) is -0.918. The van der Waals surface area contributed by atoms with E-state index >= 15 is 0 Å². The molecule has 0 aliphatic heterocycles. The van der Waals surface area contributed by atoms with Crippen LogP contribution in [0.4, 0.5) is 0 Å². The van der Waals surface area contributed by atoms with Gasteiger partial charge in [0.1, 0.15) is 5.03 Å². The molecule has 0 bridgehead atoms. The fourth-order valence-electron chi connectivity index (χ4n) is 1.62. The lowest BCUT2D eigenvalue weighted by molar-refractivity contribution is 0.0692. The van der Waals surface area contributed by atoms with Crippen LogP contribution in [0.25, 0.3) is 10.9 Å². The molecule has 0 aliphatic rings. The quantitative estimate of drug-likeness (QED) is 0.850. The van der Waals surface area contributed by atoms with Gasteiger partial charge in [-0.15, -0.1) is 11.8 Å². The molecule has 0 aliphatic carbocycles. The van der Waals surface area contributed by atoms with E-state index in [2.05, 4.69) is 18.8 Å². The summed E-state index contributed by atoms with van der Waals surface area (Å²) in [5, 5.41) is 11.1. The van der Waals surface area contributed by atoms with E-state index in [0.717, 1.165) is 17.3 Å². The summed E-state index contributed by atoms with van der Waals surface area (Å²) in [6.45, 7) is 4.16. The minimum absolute atomic E-state index is 0.291. The molecular weight excluding hydrogens is 246 g/mol. The molecule has 2 rings (SSSR count). The van der Waals surface area contributed by atoms with Gasteiger partial charge in [-0.3, -0.25) is 0 Å². The average Bonchev–Trinajstić information content (AvgIpc) is 2.37. The monoisotopic (exact) mass is 261 g/mol. The molecule has 2 aromatic rings. The maximum absolute atomic E-state index is 11.3. The van der Waals surface area contributed by atoms with E-state index in [1.54, 1.807) is 6.07 Å². The van der Waals surface area contributed by atoms with Crippen molar-refractivity contribution in [3.8, 4) is 0 Å². The van der Waals surface area contributed by atoms with E-state index < -0.39 is 5.97 Å². The van der Waals surface area contributed by atoms with Gasteiger partial charge in [-0.1, -0.05) is 32.0 Å². The molecule has 4 heteroatoms. The van der Waals surface area contributed by atoms with Gasteiger partial charge in [0.05, 0.1) is 11.1 Å². The number of para-hydroxylation sites is 1. The van der Waals surface area contributed by atoms with Crippen molar-refractivity contribution in [2.75, 3.05) is 0 Å². The number of hydrogen-bond acceptors (Lipinski definition) is 3. The Labute approximate surface area is 110 Å². The number of fused-ring (bicyclic) bond motifs is 1. The van der Waals surface area contributed by atoms with E-state index in [-0.39, 0.29) is 0 Å². The average molecular weight is 261 g/mol. The van der Waals surface area contributed by atoms with Crippen molar-refractivity contribution in [1.29, 1.82) is 0 Å². The number of benzene rings is 1. The second kappa shape index (κ2) is 5.40. The number of thioether (sulfide) groups is 1. The molecule has 94 valence electrons. The number of aromatic nitrogens is 1. The highest BCUT2D eigenvalue weighted by atomic mass is 32.2. The van der Waals surface area contributed by atoms with Gasteiger partial charge in [0, 0.05) is 10.6 Å². The second-order valence-electron chi connectivity index (χ2n) is 4.18. The van der Waals surface area contributed by atoms with Gasteiger partial charge in [-0.25, -0.2) is 9.78 Å². The smallest absolute Gasteiger partial charge is 0.338 e. The summed E-state index contributed by atoms with van der Waals surface area (Å²) >= 11 is 1.52. The number of hydrogen-bond donors (Lipinski definition) is 1. The third-order valence-corrected chi connectivity index (χ3v) is 4.08. The molecule has 0 spiro atoms. The van der Waals surface area contributed by atoms with Crippen LogP contribution in [0, 0.1) is 0 Å². The third kappa shape index (κ3) is 2.64. The zero-order valence-corrected chi connectivity index (χ0v) is 11.2. The van der Waals surface area contributed by atoms with Crippen LogP contribution in [0.15, 0.2) is 35.4 Å². The molecule has 0 amide bonds. The summed E-state index contributed by atoms with van der Waals surface area (Å²) in [5.41, 5.74) is 1.13. The summed E-state index contributed by atoms with van der Waals surface area (Å²) in [4.78, 5) is 15.7. The third-order valence-electron chi connectivity index (χ3n) is 2.81. The number of carboxylic acid groups (broad SMARTS) is 1. The zero-order valence-electron chi connectivity index (χ0n) is 10.4. The molecule has 1 aromatic heterocycles. The van der Waals surface area contributed by atoms with Crippen molar-refractivity contribution in [3.05, 3.63) is 35.9 Å². The van der Waals surface area contributed by atoms with E-state index in [1.807, 2.05) is 24.3 Å². The Bertz CT molecular complexity index is 583. The van der Waals surface area contributed by atoms with Crippen molar-refractivity contribution in [1.82, 2.24) is 4.98 Å². The fraction of sp³-hybridized carbons (Fsp3) is 0.286. The van der Waals surface area contributed by atoms with Crippen LogP contribution < -0.4 is 0 Å². The summed E-state index contributed by atoms with van der Waals surface area (Å²) in [6.07, 6.45) is 0.984. The molecule has 0 fully saturated rings. The predicted octanol–water partition coefficient (Wildman–Crippen LogP) is 3.82. The number of pyridine rings is 1. The van der Waals surface area contributed by atoms with Crippen molar-refractivity contribution in [2.24, 2.45) is 0 Å². The molecule has 0 radical (unpaired) electrons. The zero-order chi connectivity index (χ0) is 13.1. The van der Waals surface area contributed by atoms with Crippen molar-refractivity contribution >= 4 is 28.6 Å². The molecule has 0 saturated carbocycles. The van der Waals surface area contributed by atoms with Crippen molar-refractivity contribution < 1.29 is 9.90 Å². The van der Waals surface area contributed by atoms with Gasteiger partial charge in [0.25, 0.3) is 0 Å². The number of nitrogens with zero attached hydrogens (tertiary/aromatic N) is 1. The van der Waals surface area contributed by atoms with Crippen LogP contribution in [-0.2, 0) is 0 Å². The van der Waals surface area contributed by atoms with Gasteiger partial charge < -0.3 is 5.11 Å². The first-order chi connectivity index (χ1) is 8.61. The lowest BCUT2D eigenvalue weighted by Crippen LogP contribution is -2.04. The van der Waals surface area contributed by atoms with Crippen LogP contribution in [0.5, 0.6) is 0 Å². The molecule has 1 unspecified atom stereocenters. The van der Waals surface area contributed by atoms with Crippen LogP contribution in [0.1, 0.15) is 30.6 Å². The standard InChI is InChI=1S/C14H15NO2S/c1-3-9(2)18-13-11(14(16)17)8-10-6-4-5-7-12(10)15-13/h4-9H,3H2,1-2H3,(H,16,17). The Morgan fingerprint density at radius 3 is 2.83 bits per heavy atom. The first-order valence-corrected chi connectivity index (χ1v) is 6.79. The molecule has 1 heterocycles. The Hall–Kier alpha value is -1.55. The Balaban J connectivity index is 2.54. The molecule has 18 heavy (non-hydrogen) atoms. The van der Waals surface area contributed by atoms with E-state index in [0.29, 0.717) is 15.8 Å². The summed E-state index contributed by atoms with van der Waals surface area (Å²) in [6, 6.07) is 9.29. The van der Waals surface area contributed by atoms with E-state index in [9.17, 15) is 9.90 Å². The molecular formula is C14H15NO2S. The SMILES string of the molecule is CCC(C)Sc1nc2ccccc2cc1C(=O)O. The van der Waals surface area contributed by atoms with Gasteiger partial charge in [0.2, 0.25) is 0 Å². The van der Waals surface area contributed by atoms with Gasteiger partial charge in [0.15, 0.2) is 0 Å².